The number of hydrogen-bond donors (Lipinski definition) is 0. The lowest BCUT2D eigenvalue weighted by Gasteiger charge is -2.16. The predicted octanol–water partition coefficient (Wildman–Crippen LogP) is 2.82. The molecular weight excluding hydrogens is 216 g/mol. The monoisotopic (exact) mass is 234 g/mol. The third kappa shape index (κ3) is 3.70. The molecule has 1 aromatic rings. The maximum atomic E-state index is 11.6. The average molecular weight is 234 g/mol. The summed E-state index contributed by atoms with van der Waals surface area (Å²) in [6, 6.07) is 7.78. The fourth-order valence-corrected chi connectivity index (χ4v) is 1.35. The molecule has 0 aliphatic rings. The van der Waals surface area contributed by atoms with Gasteiger partial charge in [-0.3, -0.25) is 9.59 Å². The SMILES string of the molecule is CC(=O)C(C)C(=O)OC(C)c1ccc(C)cc1. The summed E-state index contributed by atoms with van der Waals surface area (Å²) in [6.45, 7) is 6.75. The molecule has 0 fully saturated rings. The van der Waals surface area contributed by atoms with E-state index in [-0.39, 0.29) is 11.9 Å². The second-order valence-electron chi connectivity index (χ2n) is 4.32. The molecule has 0 radical (unpaired) electrons. The van der Waals surface area contributed by atoms with Gasteiger partial charge < -0.3 is 4.74 Å². The Bertz CT molecular complexity index is 406. The fourth-order valence-electron chi connectivity index (χ4n) is 1.35. The number of ketones is 1. The summed E-state index contributed by atoms with van der Waals surface area (Å²) in [4.78, 5) is 22.6. The largest absolute Gasteiger partial charge is 0.457 e. The van der Waals surface area contributed by atoms with Crippen molar-refractivity contribution in [2.24, 2.45) is 5.92 Å². The molecule has 3 heteroatoms. The number of Topliss-reactive ketones (excluding diaryl/α,β-unsaturated/α-hetero) is 1. The highest BCUT2D eigenvalue weighted by atomic mass is 16.5. The second kappa shape index (κ2) is 5.62. The third-order valence-electron chi connectivity index (χ3n) is 2.80. The van der Waals surface area contributed by atoms with Crippen LogP contribution in [0.15, 0.2) is 24.3 Å². The van der Waals surface area contributed by atoms with Gasteiger partial charge in [-0.25, -0.2) is 0 Å². The number of benzene rings is 1. The first-order chi connectivity index (χ1) is 7.91. The van der Waals surface area contributed by atoms with Crippen molar-refractivity contribution in [2.75, 3.05) is 0 Å². The van der Waals surface area contributed by atoms with Gasteiger partial charge in [-0.05, 0) is 33.3 Å². The topological polar surface area (TPSA) is 43.4 Å². The van der Waals surface area contributed by atoms with Gasteiger partial charge in [0.15, 0.2) is 0 Å². The molecule has 0 saturated carbocycles. The lowest BCUT2D eigenvalue weighted by molar-refractivity contribution is -0.155. The first-order valence-corrected chi connectivity index (χ1v) is 5.69. The number of ether oxygens (including phenoxy) is 1. The molecule has 0 bridgehead atoms. The molecule has 0 spiro atoms. The van der Waals surface area contributed by atoms with E-state index in [1.165, 1.54) is 6.92 Å². The molecule has 3 nitrogen and oxygen atoms in total. The highest BCUT2D eigenvalue weighted by molar-refractivity contribution is 5.97. The van der Waals surface area contributed by atoms with Gasteiger partial charge in [-0.15, -0.1) is 0 Å². The van der Waals surface area contributed by atoms with E-state index in [0.717, 1.165) is 11.1 Å². The lowest BCUT2D eigenvalue weighted by Crippen LogP contribution is -2.22. The zero-order chi connectivity index (χ0) is 13.0. The van der Waals surface area contributed by atoms with Gasteiger partial charge in [0.2, 0.25) is 0 Å². The van der Waals surface area contributed by atoms with Gasteiger partial charge in [0, 0.05) is 0 Å². The minimum Gasteiger partial charge on any atom is -0.457 e. The number of hydrogen-bond acceptors (Lipinski definition) is 3. The Morgan fingerprint density at radius 2 is 1.65 bits per heavy atom. The summed E-state index contributed by atoms with van der Waals surface area (Å²) in [5, 5.41) is 0. The van der Waals surface area contributed by atoms with E-state index in [4.69, 9.17) is 4.74 Å². The van der Waals surface area contributed by atoms with Crippen LogP contribution in [0.1, 0.15) is 38.0 Å². The molecule has 0 aliphatic heterocycles. The summed E-state index contributed by atoms with van der Waals surface area (Å²) in [6.07, 6.45) is -0.329. The highest BCUT2D eigenvalue weighted by Gasteiger charge is 2.21. The van der Waals surface area contributed by atoms with E-state index < -0.39 is 11.9 Å². The Morgan fingerprint density at radius 3 is 2.12 bits per heavy atom. The van der Waals surface area contributed by atoms with Crippen LogP contribution in [0.3, 0.4) is 0 Å². The molecule has 1 aromatic carbocycles. The molecule has 2 atom stereocenters. The van der Waals surface area contributed by atoms with Crippen LogP contribution in [-0.4, -0.2) is 11.8 Å². The van der Waals surface area contributed by atoms with Crippen molar-refractivity contribution in [3.63, 3.8) is 0 Å². The molecule has 92 valence electrons. The van der Waals surface area contributed by atoms with Crippen LogP contribution in [0, 0.1) is 12.8 Å². The van der Waals surface area contributed by atoms with Gasteiger partial charge in [0.1, 0.15) is 17.8 Å². The lowest BCUT2D eigenvalue weighted by atomic mass is 10.1. The molecule has 1 rings (SSSR count). The average Bonchev–Trinajstić information content (AvgIpc) is 2.28. The predicted molar refractivity (Wildman–Crippen MR) is 65.5 cm³/mol. The minimum atomic E-state index is -0.692. The fraction of sp³-hybridized carbons (Fsp3) is 0.429. The number of carbonyl (C=O) groups is 2. The molecule has 0 aliphatic carbocycles. The van der Waals surface area contributed by atoms with Crippen molar-refractivity contribution < 1.29 is 14.3 Å². The zero-order valence-electron chi connectivity index (χ0n) is 10.7. The van der Waals surface area contributed by atoms with E-state index in [1.54, 1.807) is 13.8 Å². The Morgan fingerprint density at radius 1 is 1.12 bits per heavy atom. The number of esters is 1. The third-order valence-corrected chi connectivity index (χ3v) is 2.80. The molecule has 0 saturated heterocycles. The van der Waals surface area contributed by atoms with Crippen LogP contribution in [0.2, 0.25) is 0 Å². The van der Waals surface area contributed by atoms with Gasteiger partial charge in [-0.1, -0.05) is 29.8 Å². The van der Waals surface area contributed by atoms with E-state index in [9.17, 15) is 9.59 Å². The maximum absolute atomic E-state index is 11.6. The van der Waals surface area contributed by atoms with Crippen molar-refractivity contribution in [3.8, 4) is 0 Å². The smallest absolute Gasteiger partial charge is 0.316 e. The molecule has 17 heavy (non-hydrogen) atoms. The van der Waals surface area contributed by atoms with E-state index in [1.807, 2.05) is 31.2 Å². The molecule has 0 heterocycles. The standard InChI is InChI=1S/C14H18O3/c1-9-5-7-13(8-6-9)12(4)17-14(16)10(2)11(3)15/h5-8,10,12H,1-4H3. The first-order valence-electron chi connectivity index (χ1n) is 5.69. The first kappa shape index (κ1) is 13.4. The number of carbonyl (C=O) groups excluding carboxylic acids is 2. The number of rotatable bonds is 4. The zero-order valence-corrected chi connectivity index (χ0v) is 10.7. The van der Waals surface area contributed by atoms with Crippen LogP contribution >= 0.6 is 0 Å². The van der Waals surface area contributed by atoms with Gasteiger partial charge in [-0.2, -0.15) is 0 Å². The maximum Gasteiger partial charge on any atom is 0.316 e. The van der Waals surface area contributed by atoms with Crippen molar-refractivity contribution >= 4 is 11.8 Å². The minimum absolute atomic E-state index is 0.175. The molecule has 0 N–H and O–H groups in total. The van der Waals surface area contributed by atoms with Crippen LogP contribution in [0.4, 0.5) is 0 Å². The van der Waals surface area contributed by atoms with E-state index in [0.29, 0.717) is 0 Å². The van der Waals surface area contributed by atoms with Crippen molar-refractivity contribution in [1.82, 2.24) is 0 Å². The van der Waals surface area contributed by atoms with Gasteiger partial charge in [0.25, 0.3) is 0 Å². The van der Waals surface area contributed by atoms with Crippen LogP contribution < -0.4 is 0 Å². The Hall–Kier alpha value is -1.64. The van der Waals surface area contributed by atoms with Crippen molar-refractivity contribution in [2.45, 2.75) is 33.8 Å². The summed E-state index contributed by atoms with van der Waals surface area (Å²) in [7, 11) is 0. The molecule has 0 amide bonds. The Balaban J connectivity index is 2.66. The summed E-state index contributed by atoms with van der Waals surface area (Å²) >= 11 is 0. The van der Waals surface area contributed by atoms with E-state index in [2.05, 4.69) is 0 Å². The van der Waals surface area contributed by atoms with Crippen LogP contribution in [0.25, 0.3) is 0 Å². The van der Waals surface area contributed by atoms with Crippen LogP contribution in [0.5, 0.6) is 0 Å². The molecule has 2 unspecified atom stereocenters. The van der Waals surface area contributed by atoms with Crippen LogP contribution in [-0.2, 0) is 14.3 Å². The molecular formula is C14H18O3. The van der Waals surface area contributed by atoms with Gasteiger partial charge >= 0.3 is 5.97 Å². The number of aryl methyl sites for hydroxylation is 1. The summed E-state index contributed by atoms with van der Waals surface area (Å²) in [5.74, 6) is -1.33. The van der Waals surface area contributed by atoms with E-state index >= 15 is 0 Å². The van der Waals surface area contributed by atoms with Crippen molar-refractivity contribution in [3.05, 3.63) is 35.4 Å². The second-order valence-corrected chi connectivity index (χ2v) is 4.32. The quantitative estimate of drug-likeness (QED) is 0.594. The Labute approximate surface area is 102 Å². The molecule has 0 aromatic heterocycles. The summed E-state index contributed by atoms with van der Waals surface area (Å²) < 4.78 is 5.24. The normalized spacial score (nSPS) is 13.9. The van der Waals surface area contributed by atoms with Crippen molar-refractivity contribution in [1.29, 1.82) is 0 Å². The summed E-state index contributed by atoms with van der Waals surface area (Å²) in [5.41, 5.74) is 2.09. The van der Waals surface area contributed by atoms with Gasteiger partial charge in [0.05, 0.1) is 0 Å². The highest BCUT2D eigenvalue weighted by Crippen LogP contribution is 2.18. The Kier molecular flexibility index (Phi) is 4.44.